The highest BCUT2D eigenvalue weighted by atomic mass is 28.3. The van der Waals surface area contributed by atoms with Crippen LogP contribution < -0.4 is 0 Å². The fourth-order valence-corrected chi connectivity index (χ4v) is 3.89. The summed E-state index contributed by atoms with van der Waals surface area (Å²) in [4.78, 5) is 0. The van der Waals surface area contributed by atoms with Gasteiger partial charge in [0.1, 0.15) is 6.61 Å². The predicted molar refractivity (Wildman–Crippen MR) is 70.1 cm³/mol. The van der Waals surface area contributed by atoms with E-state index in [0.717, 1.165) is 0 Å². The van der Waals surface area contributed by atoms with Crippen LogP contribution in [0.4, 0.5) is 0 Å². The van der Waals surface area contributed by atoms with Gasteiger partial charge in [-0.3, -0.25) is 0 Å². The van der Waals surface area contributed by atoms with E-state index in [1.54, 1.807) is 0 Å². The first-order valence-electron chi connectivity index (χ1n) is 5.07. The summed E-state index contributed by atoms with van der Waals surface area (Å²) in [5.41, 5.74) is 0. The molecule has 0 aliphatic rings. The molecule has 0 fully saturated rings. The Labute approximate surface area is 107 Å². The van der Waals surface area contributed by atoms with Gasteiger partial charge in [-0.25, -0.2) is 0 Å². The second-order valence-corrected chi connectivity index (χ2v) is 10.4. The van der Waals surface area contributed by atoms with Crippen molar-refractivity contribution in [1.82, 2.24) is 0 Å². The van der Waals surface area contributed by atoms with E-state index in [9.17, 15) is 0 Å². The Morgan fingerprint density at radius 3 is 1.31 bits per heavy atom. The molecule has 6 radical (unpaired) electrons. The average Bonchev–Trinajstić information content (AvgIpc) is 1.98. The summed E-state index contributed by atoms with van der Waals surface area (Å²) in [6.07, 6.45) is 0. The van der Waals surface area contributed by atoms with Crippen LogP contribution in [0.15, 0.2) is 0 Å². The molecule has 0 saturated carbocycles. The molecule has 4 nitrogen and oxygen atoms in total. The lowest BCUT2D eigenvalue weighted by Crippen LogP contribution is -2.51. The number of rotatable bonds is 8. The topological polar surface area (TPSA) is 36.9 Å². The van der Waals surface area contributed by atoms with E-state index in [4.69, 9.17) is 17.7 Å². The zero-order chi connectivity index (χ0) is 12.8. The quantitative estimate of drug-likeness (QED) is 0.502. The van der Waals surface area contributed by atoms with Crippen LogP contribution in [-0.4, -0.2) is 50.2 Å². The molecular formula is C8H20O4Si4. The maximum atomic E-state index is 5.85. The highest BCUT2D eigenvalue weighted by molar-refractivity contribution is 6.51. The van der Waals surface area contributed by atoms with Crippen LogP contribution in [-0.2, 0) is 17.7 Å². The molecule has 0 aromatic rings. The Hall–Kier alpha value is 0.708. The molecule has 0 aromatic carbocycles. The van der Waals surface area contributed by atoms with Crippen molar-refractivity contribution in [2.75, 3.05) is 6.61 Å². The van der Waals surface area contributed by atoms with Crippen molar-refractivity contribution in [3.05, 3.63) is 0 Å². The summed E-state index contributed by atoms with van der Waals surface area (Å²) in [6, 6.07) is 0. The van der Waals surface area contributed by atoms with Gasteiger partial charge in [0.05, 0.1) is 0 Å². The zero-order valence-corrected chi connectivity index (χ0v) is 14.8. The van der Waals surface area contributed by atoms with E-state index in [2.05, 4.69) is 49.8 Å². The van der Waals surface area contributed by atoms with Crippen molar-refractivity contribution in [3.8, 4) is 0 Å². The molecule has 8 heteroatoms. The van der Waals surface area contributed by atoms with Gasteiger partial charge in [0, 0.05) is 0 Å². The standard InChI is InChI=1S/C8H20O4Si4/c1-14(2)10-8(7-9-13,11-15(3)4)12-16(5)6/h7H2,1-6H3. The van der Waals surface area contributed by atoms with Crippen molar-refractivity contribution in [2.45, 2.75) is 45.3 Å². The molecule has 0 rings (SSSR count). The Balaban J connectivity index is 4.72. The highest BCUT2D eigenvalue weighted by Crippen LogP contribution is 2.20. The Morgan fingerprint density at radius 2 is 1.12 bits per heavy atom. The minimum absolute atomic E-state index is 0.241. The summed E-state index contributed by atoms with van der Waals surface area (Å²) in [6.45, 7) is 12.5. The molecule has 0 spiro atoms. The van der Waals surface area contributed by atoms with Gasteiger partial charge in [-0.1, -0.05) is 0 Å². The predicted octanol–water partition coefficient (Wildman–Crippen LogP) is 1.54. The second kappa shape index (κ2) is 7.92. The first kappa shape index (κ1) is 16.7. The third kappa shape index (κ3) is 7.12. The van der Waals surface area contributed by atoms with E-state index < -0.39 is 33.1 Å². The minimum atomic E-state index is -1.02. The maximum Gasteiger partial charge on any atom is 0.277 e. The first-order valence-corrected chi connectivity index (χ1v) is 12.7. The maximum absolute atomic E-state index is 5.85. The summed E-state index contributed by atoms with van der Waals surface area (Å²) in [5, 5.41) is 0. The molecule has 0 aliphatic carbocycles. The van der Waals surface area contributed by atoms with E-state index in [-0.39, 0.29) is 6.61 Å². The third-order valence-corrected chi connectivity index (χ3v) is 3.63. The van der Waals surface area contributed by atoms with Crippen LogP contribution in [0.2, 0.25) is 39.3 Å². The van der Waals surface area contributed by atoms with Crippen LogP contribution >= 0.6 is 0 Å². The van der Waals surface area contributed by atoms with Crippen LogP contribution in [0.5, 0.6) is 0 Å². The Morgan fingerprint density at radius 1 is 0.812 bits per heavy atom. The van der Waals surface area contributed by atoms with Gasteiger partial charge >= 0.3 is 0 Å². The van der Waals surface area contributed by atoms with Gasteiger partial charge in [-0.15, -0.1) is 0 Å². The number of hydrogen-bond donors (Lipinski definition) is 0. The SMILES string of the molecule is C[Si](C)OC(CO[Si])(O[Si](C)C)O[Si](C)C. The van der Waals surface area contributed by atoms with Crippen molar-refractivity contribution < 1.29 is 17.7 Å². The molecule has 0 heterocycles. The Kier molecular flexibility index (Phi) is 8.27. The number of hydrogen-bond acceptors (Lipinski definition) is 4. The van der Waals surface area contributed by atoms with Crippen molar-refractivity contribution in [2.24, 2.45) is 0 Å². The van der Waals surface area contributed by atoms with Gasteiger partial charge in [-0.05, 0) is 39.3 Å². The molecule has 92 valence electrons. The van der Waals surface area contributed by atoms with E-state index in [1.165, 1.54) is 0 Å². The van der Waals surface area contributed by atoms with Gasteiger partial charge in [-0.2, -0.15) is 0 Å². The lowest BCUT2D eigenvalue weighted by Gasteiger charge is -2.37. The van der Waals surface area contributed by atoms with E-state index in [0.29, 0.717) is 0 Å². The first-order chi connectivity index (χ1) is 7.31. The third-order valence-electron chi connectivity index (χ3n) is 1.33. The molecule has 0 atom stereocenters. The molecule has 16 heavy (non-hydrogen) atoms. The van der Waals surface area contributed by atoms with Gasteiger partial charge < -0.3 is 17.7 Å². The van der Waals surface area contributed by atoms with Gasteiger partial charge in [0.15, 0.2) is 0 Å². The normalized spacial score (nSPS) is 13.1. The fraction of sp³-hybridized carbons (Fsp3) is 1.00. The summed E-state index contributed by atoms with van der Waals surface area (Å²) >= 11 is 0. The van der Waals surface area contributed by atoms with Crippen molar-refractivity contribution in [1.29, 1.82) is 0 Å². The average molecular weight is 293 g/mol. The molecule has 0 aliphatic heterocycles. The Bertz CT molecular complexity index is 162. The van der Waals surface area contributed by atoms with Gasteiger partial charge in [0.25, 0.3) is 5.97 Å². The smallest absolute Gasteiger partial charge is 0.277 e. The lowest BCUT2D eigenvalue weighted by atomic mass is 10.6. The summed E-state index contributed by atoms with van der Waals surface area (Å²) in [7, 11) is 0.232. The molecule has 0 bridgehead atoms. The summed E-state index contributed by atoms with van der Waals surface area (Å²) in [5.74, 6) is -1.02. The fourth-order valence-electron chi connectivity index (χ4n) is 1.17. The summed E-state index contributed by atoms with van der Waals surface area (Å²) < 4.78 is 22.5. The van der Waals surface area contributed by atoms with Crippen LogP contribution in [0, 0.1) is 0 Å². The second-order valence-electron chi connectivity index (χ2n) is 4.00. The van der Waals surface area contributed by atoms with Crippen molar-refractivity contribution >= 4 is 37.6 Å². The monoisotopic (exact) mass is 292 g/mol. The van der Waals surface area contributed by atoms with Gasteiger partial charge in [0.2, 0.25) is 37.6 Å². The molecule has 0 saturated heterocycles. The lowest BCUT2D eigenvalue weighted by molar-refractivity contribution is -0.275. The van der Waals surface area contributed by atoms with E-state index in [1.807, 2.05) is 0 Å². The highest BCUT2D eigenvalue weighted by Gasteiger charge is 2.37. The minimum Gasteiger partial charge on any atom is -0.411 e. The van der Waals surface area contributed by atoms with E-state index >= 15 is 0 Å². The molecule has 0 amide bonds. The van der Waals surface area contributed by atoms with Crippen LogP contribution in [0.3, 0.4) is 0 Å². The van der Waals surface area contributed by atoms with Crippen molar-refractivity contribution in [3.63, 3.8) is 0 Å². The molecule has 0 unspecified atom stereocenters. The zero-order valence-electron chi connectivity index (χ0n) is 10.8. The van der Waals surface area contributed by atoms with Crippen LogP contribution in [0.25, 0.3) is 0 Å². The molecular weight excluding hydrogens is 272 g/mol. The molecule has 0 aromatic heterocycles. The van der Waals surface area contributed by atoms with Crippen LogP contribution in [0.1, 0.15) is 0 Å². The largest absolute Gasteiger partial charge is 0.411 e. The molecule has 0 N–H and O–H groups in total.